The molecule has 0 aliphatic carbocycles. The van der Waals surface area contributed by atoms with Crippen LogP contribution in [0.25, 0.3) is 0 Å². The van der Waals surface area contributed by atoms with Crippen LogP contribution in [0.2, 0.25) is 0 Å². The Hall–Kier alpha value is -12.3. The van der Waals surface area contributed by atoms with E-state index in [9.17, 15) is 140 Å². The summed E-state index contributed by atoms with van der Waals surface area (Å²) in [5, 5.41) is 76.0. The van der Waals surface area contributed by atoms with Crippen LogP contribution < -0.4 is 42.1 Å². The lowest BCUT2D eigenvalue weighted by Crippen LogP contribution is -2.54. The first-order valence-corrected chi connectivity index (χ1v) is 50.4. The predicted molar refractivity (Wildman–Crippen MR) is 518 cm³/mol. The minimum Gasteiger partial charge on any atom is -0.481 e. The molecule has 0 saturated carbocycles. The number of benzene rings is 2. The number of unbranched alkanes of at least 4 members (excludes halogenated alkanes) is 2. The smallest absolute Gasteiger partial charge is 0.303 e. The number of ketones is 6. The maximum absolute atomic E-state index is 14.5. The number of Topliss-reactive ketones (excluding diaryl/α,β-unsaturated/α-hetero) is 6. The molecule has 1 fully saturated rings. The average molecular weight is 2010 g/mol. The van der Waals surface area contributed by atoms with Gasteiger partial charge in [0.25, 0.3) is 10.1 Å². The monoisotopic (exact) mass is 2010 g/mol. The van der Waals surface area contributed by atoms with Gasteiger partial charge in [0.15, 0.2) is 34.6 Å². The number of hydrogen-bond donors (Lipinski definition) is 14. The molecule has 3 heterocycles. The molecule has 776 valence electrons. The molecule has 5 rings (SSSR count). The standard InChI is InChI=1S/C99H138N10O30S2/c1-12-107-75-36-28-60(4)50-69(75)98(6,7)82(107)26-18-14-13-15-19-27-83-99(8,9)70-55-68(141(136,137)138)32-37-76(70)108(83)46-20-16-17-23-66(110)51-62(29-40-86(118)119)92(130)104-72(34-44-90(126)127)80(114)54-64(31-42-88(122)123)94(132)105-73(35-45-91(128)129)81(115)53-63(30-41-87(120)121)93(131)103-71(33-43-89(124)125)79(113)25-22-48-139-57-85(117)109-47-21-24-77(109)97(135)106-74(49-59(2)3)96(134)101-56-67(111)52-65(58-140-11)95(133)102-61(5)78(112)38-39-84(116)100-10/h13-15,18-19,26-28,32,36-37,50,55,59,61-65,71-74,77H,12,16-17,20-25,29-31,33-35,38-49,51-54,56-58H2,1-11H3,(H13-,100,101,102,103,104,105,106,116,118,119,120,121,122,123,124,125,126,127,128,129,130,131,132,133,134,135,136,137,138)/p+1/t61-,62-,63-,64-,65-,71+,72+,73+,74-,77-/m0/s1. The van der Waals surface area contributed by atoms with Crippen molar-refractivity contribution in [3.63, 3.8) is 0 Å². The summed E-state index contributed by atoms with van der Waals surface area (Å²) < 4.78 is 42.8. The number of carbonyl (C=O) groups excluding carboxylic acids is 14. The second kappa shape index (κ2) is 58.2. The number of nitrogens with one attached hydrogen (secondary N) is 7. The summed E-state index contributed by atoms with van der Waals surface area (Å²) in [4.78, 5) is 267. The number of rotatable bonds is 68. The molecule has 0 unspecified atom stereocenters. The molecule has 42 heteroatoms. The van der Waals surface area contributed by atoms with Crippen molar-refractivity contribution in [2.45, 2.75) is 288 Å². The van der Waals surface area contributed by atoms with Crippen molar-refractivity contribution in [3.05, 3.63) is 101 Å². The molecule has 14 N–H and O–H groups in total. The van der Waals surface area contributed by atoms with Crippen LogP contribution in [0.4, 0.5) is 11.4 Å². The number of carbonyl (C=O) groups is 20. The van der Waals surface area contributed by atoms with E-state index < -0.39 is 303 Å². The van der Waals surface area contributed by atoms with Crippen molar-refractivity contribution in [3.8, 4) is 0 Å². The van der Waals surface area contributed by atoms with Crippen LogP contribution in [0, 0.1) is 36.5 Å². The fraction of sp³-hybridized carbons (Fsp3) is 0.586. The van der Waals surface area contributed by atoms with E-state index in [-0.39, 0.29) is 92.4 Å². The van der Waals surface area contributed by atoms with Crippen LogP contribution in [0.5, 0.6) is 0 Å². The van der Waals surface area contributed by atoms with Gasteiger partial charge in [0.2, 0.25) is 52.9 Å². The number of carboxylic acid groups (broad SMARTS) is 6. The summed E-state index contributed by atoms with van der Waals surface area (Å²) in [6.07, 6.45) is 4.84. The van der Waals surface area contributed by atoms with Crippen molar-refractivity contribution in [2.75, 3.05) is 63.3 Å². The average Bonchev–Trinajstić information content (AvgIpc) is 1.59. The van der Waals surface area contributed by atoms with E-state index in [1.165, 1.54) is 59.6 Å². The Morgan fingerprint density at radius 1 is 0.539 bits per heavy atom. The Balaban J connectivity index is 1.23. The molecule has 10 atom stereocenters. The minimum absolute atomic E-state index is 0.0776. The zero-order valence-electron chi connectivity index (χ0n) is 82.1. The summed E-state index contributed by atoms with van der Waals surface area (Å²) in [5.74, 6) is -25.4. The van der Waals surface area contributed by atoms with Crippen LogP contribution in [-0.2, 0) is 122 Å². The molecule has 1 saturated heterocycles. The van der Waals surface area contributed by atoms with Crippen molar-refractivity contribution in [1.29, 1.82) is 0 Å². The fourth-order valence-corrected chi connectivity index (χ4v) is 18.4. The summed E-state index contributed by atoms with van der Waals surface area (Å²) in [6, 6.07) is 2.28. The first kappa shape index (κ1) is 119. The van der Waals surface area contributed by atoms with Gasteiger partial charge in [-0.05, 0) is 160 Å². The largest absolute Gasteiger partial charge is 0.481 e. The Kier molecular flexibility index (Phi) is 49.2. The van der Waals surface area contributed by atoms with Gasteiger partial charge in [-0.15, -0.1) is 0 Å². The van der Waals surface area contributed by atoms with Crippen LogP contribution >= 0.6 is 11.8 Å². The first-order valence-electron chi connectivity index (χ1n) is 47.5. The van der Waals surface area contributed by atoms with Gasteiger partial charge in [0.05, 0.1) is 46.9 Å². The lowest BCUT2D eigenvalue weighted by molar-refractivity contribution is -0.433. The van der Waals surface area contributed by atoms with Gasteiger partial charge in [-0.3, -0.25) is 100 Å². The first-order chi connectivity index (χ1) is 66.3. The third-order valence-corrected chi connectivity index (χ3v) is 26.6. The van der Waals surface area contributed by atoms with Crippen LogP contribution in [0.3, 0.4) is 0 Å². The van der Waals surface area contributed by atoms with E-state index in [2.05, 4.69) is 93.8 Å². The van der Waals surface area contributed by atoms with E-state index in [1.54, 1.807) is 26.2 Å². The number of thioether (sulfide) groups is 1. The van der Waals surface area contributed by atoms with E-state index in [4.69, 9.17) is 4.74 Å². The maximum atomic E-state index is 14.5. The second-order valence-electron chi connectivity index (χ2n) is 37.2. The van der Waals surface area contributed by atoms with Gasteiger partial charge in [0.1, 0.15) is 31.0 Å². The SMILES string of the molecule is CC[N+]1=C(/C=C/C=C/C=C/C=C2/N(CCCCCC(=O)C[C@H](CCC(=O)O)C(=O)N[C@H](CCC(=O)O)C(=O)C[C@H](CCC(=O)O)C(=O)N[C@H](CCC(=O)O)C(=O)C[C@H](CCC(=O)O)C(=O)N[C@H](CCC(=O)O)C(=O)CCCOCC(=O)N3CCC[C@H]3C(=O)N[C@@H](CC(C)C)C(=O)NCC(=O)C[C@@H](CSC)C(=O)N[C@@H](C)C(=O)CCC(=O)NC)c3ccc(S(=O)(=O)O)cc3C2(C)C)C(C)(C)c2cc(C)ccc21. The predicted octanol–water partition coefficient (Wildman–Crippen LogP) is 7.46. The number of anilines is 1. The van der Waals surface area contributed by atoms with Crippen LogP contribution in [0.15, 0.2) is 89.5 Å². The number of allylic oxidation sites excluding steroid dienone is 8. The minimum atomic E-state index is -4.60. The molecule has 141 heavy (non-hydrogen) atoms. The molecular weight excluding hydrogens is 1870 g/mol. The third-order valence-electron chi connectivity index (χ3n) is 25.0. The number of fused-ring (bicyclic) bond motifs is 2. The van der Waals surface area contributed by atoms with E-state index >= 15 is 0 Å². The highest BCUT2D eigenvalue weighted by atomic mass is 32.2. The lowest BCUT2D eigenvalue weighted by Gasteiger charge is -2.27. The highest BCUT2D eigenvalue weighted by Crippen LogP contribution is 2.49. The summed E-state index contributed by atoms with van der Waals surface area (Å²) >= 11 is 1.28. The molecule has 40 nitrogen and oxygen atoms in total. The Morgan fingerprint density at radius 2 is 1.06 bits per heavy atom. The number of amides is 8. The molecular formula is C99H139N10O30S2+. The van der Waals surface area contributed by atoms with E-state index in [1.807, 2.05) is 55.2 Å². The van der Waals surface area contributed by atoms with Crippen molar-refractivity contribution in [1.82, 2.24) is 42.1 Å². The molecule has 0 spiro atoms. The number of ether oxygens (including phenoxy) is 1. The Labute approximate surface area is 825 Å². The highest BCUT2D eigenvalue weighted by molar-refractivity contribution is 7.98. The maximum Gasteiger partial charge on any atom is 0.303 e. The molecule has 0 bridgehead atoms. The van der Waals surface area contributed by atoms with Gasteiger partial charge >= 0.3 is 35.8 Å². The van der Waals surface area contributed by atoms with Crippen LogP contribution in [-0.4, -0.2) is 271 Å². The molecule has 8 amide bonds. The van der Waals surface area contributed by atoms with Gasteiger partial charge in [-0.25, -0.2) is 0 Å². The number of likely N-dealkylation sites (tertiary alicyclic amines) is 1. The third kappa shape index (κ3) is 39.3. The fourth-order valence-electron chi connectivity index (χ4n) is 17.2. The number of carboxylic acids is 6. The quantitative estimate of drug-likeness (QED) is 0.0132. The molecule has 3 aliphatic heterocycles. The number of nitrogens with zero attached hydrogens (tertiary/aromatic N) is 3. The van der Waals surface area contributed by atoms with Crippen LogP contribution in [0.1, 0.15) is 245 Å². The zero-order chi connectivity index (χ0) is 105. The summed E-state index contributed by atoms with van der Waals surface area (Å²) in [5.41, 5.74) is 5.80. The van der Waals surface area contributed by atoms with Gasteiger partial charge in [0, 0.05) is 175 Å². The van der Waals surface area contributed by atoms with Crippen molar-refractivity contribution >= 4 is 157 Å². The highest BCUT2D eigenvalue weighted by Gasteiger charge is 2.46. The molecule has 0 radical (unpaired) electrons. The van der Waals surface area contributed by atoms with Gasteiger partial charge in [-0.2, -0.15) is 24.8 Å². The Morgan fingerprint density at radius 3 is 1.58 bits per heavy atom. The lowest BCUT2D eigenvalue weighted by atomic mass is 9.81. The molecule has 0 aromatic heterocycles. The normalized spacial score (nSPS) is 16.5. The molecule has 2 aromatic rings. The van der Waals surface area contributed by atoms with Crippen molar-refractivity contribution in [2.24, 2.45) is 29.6 Å². The van der Waals surface area contributed by atoms with Crippen molar-refractivity contribution < 1.29 is 149 Å². The Bertz CT molecular complexity index is 5170. The zero-order valence-corrected chi connectivity index (χ0v) is 83.7. The molecule has 3 aliphatic rings. The number of hydrogen-bond acceptors (Lipinski definition) is 25. The van der Waals surface area contributed by atoms with Gasteiger partial charge < -0.3 is 82.4 Å². The molecule has 2 aromatic carbocycles. The van der Waals surface area contributed by atoms with E-state index in [0.717, 1.165) is 18.0 Å². The number of aryl methyl sites for hydroxylation is 1. The topological polar surface area (TPSA) is 620 Å². The summed E-state index contributed by atoms with van der Waals surface area (Å²) in [6.45, 7) is 17.3. The second-order valence-corrected chi connectivity index (χ2v) is 39.5. The van der Waals surface area contributed by atoms with E-state index in [0.29, 0.717) is 37.1 Å². The summed E-state index contributed by atoms with van der Waals surface area (Å²) in [7, 11) is -3.17. The number of aliphatic carboxylic acids is 6. The van der Waals surface area contributed by atoms with Gasteiger partial charge in [-0.1, -0.05) is 76.1 Å².